The topological polar surface area (TPSA) is 58.2 Å². The number of hydrogen-bond acceptors (Lipinski definition) is 2. The molecule has 2 amide bonds. The van der Waals surface area contributed by atoms with E-state index in [2.05, 4.69) is 26.6 Å². The molecule has 0 aliphatic rings. The van der Waals surface area contributed by atoms with Gasteiger partial charge in [-0.15, -0.1) is 0 Å². The van der Waals surface area contributed by atoms with Crippen LogP contribution in [0.25, 0.3) is 10.8 Å². The summed E-state index contributed by atoms with van der Waals surface area (Å²) in [7, 11) is 0. The minimum Gasteiger partial charge on any atom is -0.347 e. The first-order valence-corrected chi connectivity index (χ1v) is 9.11. The summed E-state index contributed by atoms with van der Waals surface area (Å²) in [6.45, 7) is 1.86. The van der Waals surface area contributed by atoms with Crippen LogP contribution >= 0.6 is 15.9 Å². The predicted molar refractivity (Wildman–Crippen MR) is 108 cm³/mol. The van der Waals surface area contributed by atoms with Gasteiger partial charge in [-0.1, -0.05) is 64.5 Å². The maximum absolute atomic E-state index is 12.2. The van der Waals surface area contributed by atoms with E-state index in [1.54, 1.807) is 0 Å². The summed E-state index contributed by atoms with van der Waals surface area (Å²) in [5, 5.41) is 7.66. The van der Waals surface area contributed by atoms with Gasteiger partial charge in [-0.3, -0.25) is 9.59 Å². The lowest BCUT2D eigenvalue weighted by atomic mass is 10.0. The number of amides is 2. The summed E-state index contributed by atoms with van der Waals surface area (Å²) in [6, 6.07) is 19.5. The molecular weight excluding hydrogens is 392 g/mol. The molecule has 0 saturated carbocycles. The number of halogens is 1. The SMILES string of the molecule is Cc1ccc(Br)cc1NC(=O)CNC(=O)Cc1cccc2ccccc12. The van der Waals surface area contributed by atoms with Crippen LogP contribution < -0.4 is 10.6 Å². The van der Waals surface area contributed by atoms with Crippen molar-refractivity contribution in [2.75, 3.05) is 11.9 Å². The molecule has 3 rings (SSSR count). The van der Waals surface area contributed by atoms with Crippen molar-refractivity contribution < 1.29 is 9.59 Å². The molecule has 3 aromatic carbocycles. The van der Waals surface area contributed by atoms with Gasteiger partial charge in [0.15, 0.2) is 0 Å². The van der Waals surface area contributed by atoms with E-state index in [4.69, 9.17) is 0 Å². The molecule has 132 valence electrons. The third-order valence-corrected chi connectivity index (χ3v) is 4.64. The summed E-state index contributed by atoms with van der Waals surface area (Å²) in [4.78, 5) is 24.3. The minimum atomic E-state index is -0.252. The molecule has 0 atom stereocenters. The molecule has 0 aliphatic heterocycles. The van der Waals surface area contributed by atoms with E-state index in [1.807, 2.05) is 67.6 Å². The molecule has 4 nitrogen and oxygen atoms in total. The van der Waals surface area contributed by atoms with Gasteiger partial charge in [-0.25, -0.2) is 0 Å². The molecule has 3 aromatic rings. The van der Waals surface area contributed by atoms with Gasteiger partial charge in [-0.2, -0.15) is 0 Å². The van der Waals surface area contributed by atoms with Crippen molar-refractivity contribution in [1.29, 1.82) is 0 Å². The molecule has 0 heterocycles. The number of aryl methyl sites for hydroxylation is 1. The first-order valence-electron chi connectivity index (χ1n) is 8.32. The quantitative estimate of drug-likeness (QED) is 0.661. The average molecular weight is 411 g/mol. The Morgan fingerprint density at radius 2 is 1.73 bits per heavy atom. The van der Waals surface area contributed by atoms with Crippen LogP contribution in [0.15, 0.2) is 65.1 Å². The van der Waals surface area contributed by atoms with Crippen molar-refractivity contribution in [3.05, 3.63) is 76.3 Å². The first kappa shape index (κ1) is 18.1. The Bertz CT molecular complexity index is 964. The van der Waals surface area contributed by atoms with Crippen LogP contribution in [0.3, 0.4) is 0 Å². The number of carbonyl (C=O) groups excluding carboxylic acids is 2. The molecule has 0 aromatic heterocycles. The second kappa shape index (κ2) is 8.15. The molecular formula is C21H19BrN2O2. The van der Waals surface area contributed by atoms with Gasteiger partial charge in [-0.05, 0) is 41.0 Å². The Morgan fingerprint density at radius 1 is 0.962 bits per heavy atom. The zero-order valence-corrected chi connectivity index (χ0v) is 16.0. The van der Waals surface area contributed by atoms with Crippen molar-refractivity contribution in [2.24, 2.45) is 0 Å². The van der Waals surface area contributed by atoms with E-state index in [0.29, 0.717) is 0 Å². The largest absolute Gasteiger partial charge is 0.347 e. The number of rotatable bonds is 5. The van der Waals surface area contributed by atoms with Crippen LogP contribution in [0.1, 0.15) is 11.1 Å². The maximum atomic E-state index is 12.2. The Labute approximate surface area is 160 Å². The van der Waals surface area contributed by atoms with Gasteiger partial charge in [0.1, 0.15) is 0 Å². The average Bonchev–Trinajstić information content (AvgIpc) is 2.63. The minimum absolute atomic E-state index is 0.0600. The molecule has 0 saturated heterocycles. The highest BCUT2D eigenvalue weighted by Crippen LogP contribution is 2.21. The van der Waals surface area contributed by atoms with E-state index in [1.165, 1.54) is 0 Å². The third kappa shape index (κ3) is 4.49. The van der Waals surface area contributed by atoms with Crippen LogP contribution in [0.2, 0.25) is 0 Å². The van der Waals surface area contributed by atoms with Crippen molar-refractivity contribution in [2.45, 2.75) is 13.3 Å². The van der Waals surface area contributed by atoms with Crippen molar-refractivity contribution >= 4 is 44.2 Å². The third-order valence-electron chi connectivity index (χ3n) is 4.15. The van der Waals surface area contributed by atoms with Gasteiger partial charge in [0.2, 0.25) is 11.8 Å². The fourth-order valence-electron chi connectivity index (χ4n) is 2.78. The maximum Gasteiger partial charge on any atom is 0.243 e. The molecule has 0 fully saturated rings. The summed E-state index contributed by atoms with van der Waals surface area (Å²) < 4.78 is 0.887. The second-order valence-electron chi connectivity index (χ2n) is 6.10. The highest BCUT2D eigenvalue weighted by atomic mass is 79.9. The van der Waals surface area contributed by atoms with Crippen LogP contribution in [-0.2, 0) is 16.0 Å². The molecule has 5 heteroatoms. The Morgan fingerprint density at radius 3 is 2.58 bits per heavy atom. The normalized spacial score (nSPS) is 10.5. The standard InChI is InChI=1S/C21H19BrN2O2/c1-14-9-10-17(22)12-19(14)24-21(26)13-23-20(25)11-16-7-4-6-15-5-2-3-8-18(15)16/h2-10,12H,11,13H2,1H3,(H,23,25)(H,24,26). The van der Waals surface area contributed by atoms with Gasteiger partial charge < -0.3 is 10.6 Å². The first-order chi connectivity index (χ1) is 12.5. The van der Waals surface area contributed by atoms with Crippen LogP contribution in [0.5, 0.6) is 0 Å². The van der Waals surface area contributed by atoms with E-state index < -0.39 is 0 Å². The predicted octanol–water partition coefficient (Wildman–Crippen LogP) is 4.21. The number of benzene rings is 3. The highest BCUT2D eigenvalue weighted by Gasteiger charge is 2.10. The van der Waals surface area contributed by atoms with Gasteiger partial charge in [0, 0.05) is 10.2 Å². The molecule has 2 N–H and O–H groups in total. The van der Waals surface area contributed by atoms with E-state index in [-0.39, 0.29) is 24.8 Å². The molecule has 0 spiro atoms. The summed E-state index contributed by atoms with van der Waals surface area (Å²) >= 11 is 3.38. The summed E-state index contributed by atoms with van der Waals surface area (Å²) in [5.74, 6) is -0.431. The monoisotopic (exact) mass is 410 g/mol. The van der Waals surface area contributed by atoms with Crippen LogP contribution in [0.4, 0.5) is 5.69 Å². The van der Waals surface area contributed by atoms with Crippen LogP contribution in [0, 0.1) is 6.92 Å². The van der Waals surface area contributed by atoms with Gasteiger partial charge >= 0.3 is 0 Å². The van der Waals surface area contributed by atoms with Crippen molar-refractivity contribution in [1.82, 2.24) is 5.32 Å². The lowest BCUT2D eigenvalue weighted by Crippen LogP contribution is -2.33. The highest BCUT2D eigenvalue weighted by molar-refractivity contribution is 9.10. The zero-order chi connectivity index (χ0) is 18.5. The lowest BCUT2D eigenvalue weighted by Gasteiger charge is -2.10. The van der Waals surface area contributed by atoms with Crippen molar-refractivity contribution in [3.8, 4) is 0 Å². The number of anilines is 1. The molecule has 26 heavy (non-hydrogen) atoms. The molecule has 0 aliphatic carbocycles. The number of nitrogens with one attached hydrogen (secondary N) is 2. The van der Waals surface area contributed by atoms with E-state index in [9.17, 15) is 9.59 Å². The Kier molecular flexibility index (Phi) is 5.68. The summed E-state index contributed by atoms with van der Waals surface area (Å²) in [5.41, 5.74) is 2.64. The van der Waals surface area contributed by atoms with E-state index in [0.717, 1.165) is 32.1 Å². The smallest absolute Gasteiger partial charge is 0.243 e. The fourth-order valence-corrected chi connectivity index (χ4v) is 3.15. The molecule has 0 bridgehead atoms. The van der Waals surface area contributed by atoms with E-state index >= 15 is 0 Å². The summed E-state index contributed by atoms with van der Waals surface area (Å²) in [6.07, 6.45) is 0.241. The number of fused-ring (bicyclic) bond motifs is 1. The molecule has 0 radical (unpaired) electrons. The Hall–Kier alpha value is -2.66. The zero-order valence-electron chi connectivity index (χ0n) is 14.4. The van der Waals surface area contributed by atoms with Crippen molar-refractivity contribution in [3.63, 3.8) is 0 Å². The number of hydrogen-bond donors (Lipinski definition) is 2. The molecule has 0 unspecified atom stereocenters. The fraction of sp³-hybridized carbons (Fsp3) is 0.143. The van der Waals surface area contributed by atoms with Gasteiger partial charge in [0.05, 0.1) is 13.0 Å². The van der Waals surface area contributed by atoms with Gasteiger partial charge in [0.25, 0.3) is 0 Å². The van der Waals surface area contributed by atoms with Crippen LogP contribution in [-0.4, -0.2) is 18.4 Å². The lowest BCUT2D eigenvalue weighted by molar-refractivity contribution is -0.123. The Balaban J connectivity index is 1.58. The number of carbonyl (C=O) groups is 2. The second-order valence-corrected chi connectivity index (χ2v) is 7.01.